The number of amides is 2. The summed E-state index contributed by atoms with van der Waals surface area (Å²) < 4.78 is 5.24. The second-order valence-corrected chi connectivity index (χ2v) is 10.4. The summed E-state index contributed by atoms with van der Waals surface area (Å²) >= 11 is 1.32. The van der Waals surface area contributed by atoms with Crippen LogP contribution in [0.1, 0.15) is 51.3 Å². The van der Waals surface area contributed by atoms with Gasteiger partial charge in [0.1, 0.15) is 5.25 Å². The van der Waals surface area contributed by atoms with E-state index in [-0.39, 0.29) is 17.2 Å². The number of hydrogen-bond acceptors (Lipinski definition) is 7. The first-order valence-electron chi connectivity index (χ1n) is 13.3. The third-order valence-electron chi connectivity index (χ3n) is 6.15. The molecule has 0 spiro atoms. The number of nitro groups is 1. The minimum Gasteiger partial charge on any atom is -0.462 e. The van der Waals surface area contributed by atoms with Gasteiger partial charge in [0.25, 0.3) is 11.6 Å². The number of ether oxygens (including phenoxy) is 1. The van der Waals surface area contributed by atoms with Gasteiger partial charge in [0.05, 0.1) is 17.1 Å². The van der Waals surface area contributed by atoms with Crippen LogP contribution in [0.3, 0.4) is 0 Å². The molecule has 0 fully saturated rings. The second kappa shape index (κ2) is 14.6. The van der Waals surface area contributed by atoms with Crippen LogP contribution >= 0.6 is 11.8 Å². The average molecular weight is 584 g/mol. The molecule has 9 nitrogen and oxygen atoms in total. The molecule has 2 amide bonds. The summed E-state index contributed by atoms with van der Waals surface area (Å²) in [6, 6.07) is 28.3. The summed E-state index contributed by atoms with van der Waals surface area (Å²) in [4.78, 5) is 49.5. The maximum atomic E-state index is 13.5. The van der Waals surface area contributed by atoms with Crippen LogP contribution < -0.4 is 10.6 Å². The van der Waals surface area contributed by atoms with Crippen molar-refractivity contribution >= 4 is 46.6 Å². The van der Waals surface area contributed by atoms with Crippen molar-refractivity contribution < 1.29 is 24.0 Å². The number of hydrogen-bond donors (Lipinski definition) is 2. The van der Waals surface area contributed by atoms with Gasteiger partial charge in [-0.25, -0.2) is 4.79 Å². The van der Waals surface area contributed by atoms with Crippen LogP contribution in [0.25, 0.3) is 0 Å². The summed E-state index contributed by atoms with van der Waals surface area (Å²) in [7, 11) is 0. The average Bonchev–Trinajstić information content (AvgIpc) is 3.01. The maximum absolute atomic E-state index is 13.5. The van der Waals surface area contributed by atoms with Crippen molar-refractivity contribution in [2.24, 2.45) is 0 Å². The Kier molecular flexibility index (Phi) is 10.4. The van der Waals surface area contributed by atoms with Crippen LogP contribution in [-0.2, 0) is 9.53 Å². The van der Waals surface area contributed by atoms with Crippen LogP contribution in [0, 0.1) is 10.1 Å². The molecule has 0 heterocycles. The molecule has 0 saturated carbocycles. The lowest BCUT2D eigenvalue weighted by Gasteiger charge is -2.18. The first-order chi connectivity index (χ1) is 20.3. The standard InChI is InChI=1S/C32H29N3O6S/c1-2-3-20-41-32(38)24-12-16-25(17-13-24)33-31(37)29(22-8-5-4-6-9-22)42-28-11-7-10-26(21-28)34-30(36)23-14-18-27(19-15-23)35(39)40/h4-19,21,29H,2-3,20H2,1H3,(H,33,37)(H,34,36). The smallest absolute Gasteiger partial charge is 0.338 e. The molecule has 0 aliphatic rings. The number of nitrogens with one attached hydrogen (secondary N) is 2. The molecule has 0 aliphatic heterocycles. The van der Waals surface area contributed by atoms with Crippen molar-refractivity contribution in [2.75, 3.05) is 17.2 Å². The number of nitro benzene ring substituents is 1. The van der Waals surface area contributed by atoms with Crippen molar-refractivity contribution in [2.45, 2.75) is 29.9 Å². The van der Waals surface area contributed by atoms with Gasteiger partial charge in [0, 0.05) is 34.0 Å². The molecular formula is C32H29N3O6S. The zero-order valence-corrected chi connectivity index (χ0v) is 23.6. The Labute approximate surface area is 247 Å². The van der Waals surface area contributed by atoms with Gasteiger partial charge in [-0.05, 0) is 66.6 Å². The zero-order chi connectivity index (χ0) is 29.9. The predicted octanol–water partition coefficient (Wildman–Crippen LogP) is 7.28. The molecule has 1 atom stereocenters. The second-order valence-electron chi connectivity index (χ2n) is 9.25. The Morgan fingerprint density at radius 3 is 2.19 bits per heavy atom. The molecule has 4 aromatic rings. The fourth-order valence-electron chi connectivity index (χ4n) is 3.91. The van der Waals surface area contributed by atoms with Gasteiger partial charge in [-0.1, -0.05) is 49.7 Å². The Balaban J connectivity index is 1.46. The van der Waals surface area contributed by atoms with Crippen LogP contribution in [0.5, 0.6) is 0 Å². The number of carbonyl (C=O) groups excluding carboxylic acids is 3. The summed E-state index contributed by atoms with van der Waals surface area (Å²) in [5.74, 6) is -1.08. The first-order valence-corrected chi connectivity index (χ1v) is 14.2. The van der Waals surface area contributed by atoms with E-state index in [1.807, 2.05) is 43.3 Å². The van der Waals surface area contributed by atoms with Gasteiger partial charge in [-0.15, -0.1) is 11.8 Å². The van der Waals surface area contributed by atoms with Crippen molar-refractivity contribution in [3.63, 3.8) is 0 Å². The molecule has 10 heteroatoms. The number of non-ortho nitro benzene ring substituents is 1. The maximum Gasteiger partial charge on any atom is 0.338 e. The minimum atomic E-state index is -0.620. The Hall–Kier alpha value is -4.96. The van der Waals surface area contributed by atoms with Crippen LogP contribution in [0.15, 0.2) is 108 Å². The van der Waals surface area contributed by atoms with E-state index in [9.17, 15) is 24.5 Å². The van der Waals surface area contributed by atoms with Gasteiger partial charge >= 0.3 is 5.97 Å². The molecule has 0 aromatic heterocycles. The molecule has 4 aromatic carbocycles. The van der Waals surface area contributed by atoms with Gasteiger partial charge in [-0.3, -0.25) is 19.7 Å². The summed E-state index contributed by atoms with van der Waals surface area (Å²) in [6.45, 7) is 2.39. The van der Waals surface area contributed by atoms with Crippen LogP contribution in [0.4, 0.5) is 17.1 Å². The number of esters is 1. The van der Waals surface area contributed by atoms with Crippen molar-refractivity contribution in [3.05, 3.63) is 130 Å². The molecule has 0 bridgehead atoms. The van der Waals surface area contributed by atoms with E-state index in [4.69, 9.17) is 4.74 Å². The monoisotopic (exact) mass is 583 g/mol. The van der Waals surface area contributed by atoms with E-state index in [2.05, 4.69) is 10.6 Å². The topological polar surface area (TPSA) is 128 Å². The summed E-state index contributed by atoms with van der Waals surface area (Å²) in [5, 5.41) is 16.0. The number of benzene rings is 4. The van der Waals surface area contributed by atoms with Gasteiger partial charge in [-0.2, -0.15) is 0 Å². The molecule has 0 radical (unpaired) electrons. The Morgan fingerprint density at radius 2 is 1.52 bits per heavy atom. The Bertz CT molecular complexity index is 1540. The fourth-order valence-corrected chi connectivity index (χ4v) is 5.00. The summed E-state index contributed by atoms with van der Waals surface area (Å²) in [5.41, 5.74) is 2.42. The molecule has 214 valence electrons. The highest BCUT2D eigenvalue weighted by Crippen LogP contribution is 2.37. The lowest BCUT2D eigenvalue weighted by molar-refractivity contribution is -0.384. The molecule has 0 saturated heterocycles. The number of thioether (sulfide) groups is 1. The first kappa shape index (κ1) is 30.0. The van der Waals surface area contributed by atoms with E-state index >= 15 is 0 Å². The summed E-state index contributed by atoms with van der Waals surface area (Å²) in [6.07, 6.45) is 1.73. The highest BCUT2D eigenvalue weighted by molar-refractivity contribution is 8.00. The lowest BCUT2D eigenvalue weighted by atomic mass is 10.1. The number of anilines is 2. The predicted molar refractivity (Wildman–Crippen MR) is 163 cm³/mol. The molecule has 42 heavy (non-hydrogen) atoms. The minimum absolute atomic E-state index is 0.101. The molecular weight excluding hydrogens is 554 g/mol. The van der Waals surface area contributed by atoms with Crippen molar-refractivity contribution in [1.82, 2.24) is 0 Å². The van der Waals surface area contributed by atoms with Crippen molar-refractivity contribution in [1.29, 1.82) is 0 Å². The van der Waals surface area contributed by atoms with E-state index < -0.39 is 22.0 Å². The van der Waals surface area contributed by atoms with Gasteiger partial charge < -0.3 is 15.4 Å². The molecule has 1 unspecified atom stereocenters. The highest BCUT2D eigenvalue weighted by Gasteiger charge is 2.23. The van der Waals surface area contributed by atoms with Gasteiger partial charge in [0.2, 0.25) is 5.91 Å². The van der Waals surface area contributed by atoms with Crippen LogP contribution in [0.2, 0.25) is 0 Å². The van der Waals surface area contributed by atoms with E-state index in [1.54, 1.807) is 42.5 Å². The number of rotatable bonds is 12. The molecule has 4 rings (SSSR count). The number of unbranched alkanes of at least 4 members (excludes halogenated alkanes) is 1. The largest absolute Gasteiger partial charge is 0.462 e. The third-order valence-corrected chi connectivity index (χ3v) is 7.39. The normalized spacial score (nSPS) is 11.3. The Morgan fingerprint density at radius 1 is 0.833 bits per heavy atom. The molecule has 0 aliphatic carbocycles. The zero-order valence-electron chi connectivity index (χ0n) is 22.8. The van der Waals surface area contributed by atoms with E-state index in [0.717, 1.165) is 23.3 Å². The third kappa shape index (κ3) is 8.28. The highest BCUT2D eigenvalue weighted by atomic mass is 32.2. The number of carbonyl (C=O) groups is 3. The van der Waals surface area contributed by atoms with E-state index in [0.29, 0.717) is 23.5 Å². The van der Waals surface area contributed by atoms with Crippen LogP contribution in [-0.4, -0.2) is 29.3 Å². The SMILES string of the molecule is CCCCOC(=O)c1ccc(NC(=O)C(Sc2cccc(NC(=O)c3ccc([N+](=O)[O-])cc3)c2)c2ccccc2)cc1. The number of nitrogens with zero attached hydrogens (tertiary/aromatic N) is 1. The lowest BCUT2D eigenvalue weighted by Crippen LogP contribution is -2.19. The fraction of sp³-hybridized carbons (Fsp3) is 0.156. The van der Waals surface area contributed by atoms with E-state index in [1.165, 1.54) is 36.0 Å². The quantitative estimate of drug-likeness (QED) is 0.0590. The van der Waals surface area contributed by atoms with Gasteiger partial charge in [0.15, 0.2) is 0 Å². The molecule has 2 N–H and O–H groups in total. The van der Waals surface area contributed by atoms with Crippen molar-refractivity contribution in [3.8, 4) is 0 Å².